The summed E-state index contributed by atoms with van der Waals surface area (Å²) >= 11 is 0. The number of hydrogen-bond donors (Lipinski definition) is 2. The summed E-state index contributed by atoms with van der Waals surface area (Å²) in [5, 5.41) is 6.88. The number of aromatic amines is 1. The van der Waals surface area contributed by atoms with Gasteiger partial charge < -0.3 is 10.6 Å². The van der Waals surface area contributed by atoms with E-state index in [0.717, 1.165) is 24.1 Å². The van der Waals surface area contributed by atoms with Gasteiger partial charge in [0.1, 0.15) is 0 Å². The molecule has 0 aliphatic heterocycles. The fourth-order valence-corrected chi connectivity index (χ4v) is 2.01. The summed E-state index contributed by atoms with van der Waals surface area (Å²) in [7, 11) is 1.73. The molecule has 2 heterocycles. The molecule has 0 aliphatic carbocycles. The number of carbonyl (C=O) groups is 1. The Morgan fingerprint density at radius 1 is 1.50 bits per heavy atom. The minimum atomic E-state index is -0.190. The summed E-state index contributed by atoms with van der Waals surface area (Å²) in [6.07, 6.45) is 5.18. The Morgan fingerprint density at radius 3 is 2.95 bits per heavy atom. The van der Waals surface area contributed by atoms with Crippen molar-refractivity contribution in [2.75, 3.05) is 12.8 Å². The molecule has 20 heavy (non-hydrogen) atoms. The van der Waals surface area contributed by atoms with E-state index in [1.54, 1.807) is 24.3 Å². The lowest BCUT2D eigenvalue weighted by molar-refractivity contribution is 0.0780. The van der Waals surface area contributed by atoms with Crippen molar-refractivity contribution in [3.63, 3.8) is 0 Å². The first-order chi connectivity index (χ1) is 9.63. The van der Waals surface area contributed by atoms with Gasteiger partial charge in [0.25, 0.3) is 5.91 Å². The van der Waals surface area contributed by atoms with Crippen LogP contribution in [-0.2, 0) is 13.0 Å². The molecule has 2 rings (SSSR count). The maximum Gasteiger partial charge on any atom is 0.276 e. The molecule has 1 amide bonds. The highest BCUT2D eigenvalue weighted by molar-refractivity contribution is 5.97. The molecule has 0 saturated carbocycles. The number of carbonyl (C=O) groups excluding carboxylic acids is 1. The molecule has 0 fully saturated rings. The zero-order valence-electron chi connectivity index (χ0n) is 11.8. The average Bonchev–Trinajstić information content (AvgIpc) is 2.81. The minimum Gasteiger partial charge on any atom is -0.395 e. The van der Waals surface area contributed by atoms with E-state index < -0.39 is 0 Å². The van der Waals surface area contributed by atoms with Gasteiger partial charge in [0.2, 0.25) is 0 Å². The van der Waals surface area contributed by atoms with Crippen LogP contribution < -0.4 is 5.73 Å². The van der Waals surface area contributed by atoms with Crippen LogP contribution in [-0.4, -0.2) is 33.0 Å². The molecule has 106 valence electrons. The normalized spacial score (nSPS) is 10.5. The highest BCUT2D eigenvalue weighted by atomic mass is 16.2. The first kappa shape index (κ1) is 14.0. The number of nitrogens with one attached hydrogen (secondary N) is 1. The van der Waals surface area contributed by atoms with Gasteiger partial charge in [-0.3, -0.25) is 14.9 Å². The fourth-order valence-electron chi connectivity index (χ4n) is 2.01. The zero-order valence-corrected chi connectivity index (χ0v) is 11.8. The second-order valence-electron chi connectivity index (χ2n) is 4.74. The number of aryl methyl sites for hydroxylation is 1. The SMILES string of the molecule is CCCc1[nH]nc(C(=O)N(C)Cc2cccnc2)c1N. The van der Waals surface area contributed by atoms with E-state index in [9.17, 15) is 4.79 Å². The molecule has 0 aromatic carbocycles. The van der Waals surface area contributed by atoms with Gasteiger partial charge in [-0.1, -0.05) is 19.4 Å². The van der Waals surface area contributed by atoms with E-state index in [4.69, 9.17) is 5.73 Å². The molecule has 0 aliphatic rings. The molecule has 0 unspecified atom stereocenters. The topological polar surface area (TPSA) is 87.9 Å². The largest absolute Gasteiger partial charge is 0.395 e. The third-order valence-corrected chi connectivity index (χ3v) is 3.07. The standard InChI is InChI=1S/C14H19N5O/c1-3-5-11-12(15)13(18-17-11)14(20)19(2)9-10-6-4-7-16-8-10/h4,6-8H,3,5,9,15H2,1-2H3,(H,17,18). The van der Waals surface area contributed by atoms with Crippen LogP contribution in [0.4, 0.5) is 5.69 Å². The summed E-state index contributed by atoms with van der Waals surface area (Å²) in [4.78, 5) is 17.9. The van der Waals surface area contributed by atoms with Gasteiger partial charge >= 0.3 is 0 Å². The van der Waals surface area contributed by atoms with Crippen molar-refractivity contribution < 1.29 is 4.79 Å². The third-order valence-electron chi connectivity index (χ3n) is 3.07. The molecule has 0 spiro atoms. The number of H-pyrrole nitrogens is 1. The van der Waals surface area contributed by atoms with Crippen LogP contribution in [0.3, 0.4) is 0 Å². The number of pyridine rings is 1. The quantitative estimate of drug-likeness (QED) is 0.866. The molecule has 0 atom stereocenters. The van der Waals surface area contributed by atoms with Gasteiger partial charge in [0.05, 0.1) is 11.4 Å². The van der Waals surface area contributed by atoms with E-state index in [1.165, 1.54) is 0 Å². The molecule has 2 aromatic heterocycles. The van der Waals surface area contributed by atoms with Crippen LogP contribution >= 0.6 is 0 Å². The summed E-state index contributed by atoms with van der Waals surface area (Å²) < 4.78 is 0. The van der Waals surface area contributed by atoms with Crippen LogP contribution in [0.15, 0.2) is 24.5 Å². The third kappa shape index (κ3) is 2.96. The van der Waals surface area contributed by atoms with E-state index in [2.05, 4.69) is 22.1 Å². The van der Waals surface area contributed by atoms with Gasteiger partial charge in [-0.2, -0.15) is 5.10 Å². The van der Waals surface area contributed by atoms with Crippen LogP contribution in [0.25, 0.3) is 0 Å². The number of anilines is 1. The van der Waals surface area contributed by atoms with Gasteiger partial charge in [0, 0.05) is 26.0 Å². The van der Waals surface area contributed by atoms with E-state index in [1.807, 2.05) is 12.1 Å². The molecule has 3 N–H and O–H groups in total. The Bertz CT molecular complexity index is 579. The predicted molar refractivity (Wildman–Crippen MR) is 77.0 cm³/mol. The number of nitrogens with zero attached hydrogens (tertiary/aromatic N) is 3. The smallest absolute Gasteiger partial charge is 0.276 e. The van der Waals surface area contributed by atoms with Crippen molar-refractivity contribution in [3.05, 3.63) is 41.5 Å². The lowest BCUT2D eigenvalue weighted by Gasteiger charge is -2.16. The highest BCUT2D eigenvalue weighted by Gasteiger charge is 2.20. The second kappa shape index (κ2) is 6.18. The number of nitrogen functional groups attached to an aromatic ring is 1. The Balaban J connectivity index is 2.11. The van der Waals surface area contributed by atoms with Crippen molar-refractivity contribution >= 4 is 11.6 Å². The number of amides is 1. The van der Waals surface area contributed by atoms with Crippen LogP contribution in [0.2, 0.25) is 0 Å². The van der Waals surface area contributed by atoms with Crippen molar-refractivity contribution in [2.24, 2.45) is 0 Å². The molecule has 0 radical (unpaired) electrons. The van der Waals surface area contributed by atoms with Gasteiger partial charge in [-0.25, -0.2) is 0 Å². The van der Waals surface area contributed by atoms with Gasteiger partial charge in [-0.05, 0) is 18.1 Å². The monoisotopic (exact) mass is 273 g/mol. The minimum absolute atomic E-state index is 0.190. The Kier molecular flexibility index (Phi) is 4.34. The second-order valence-corrected chi connectivity index (χ2v) is 4.74. The number of aromatic nitrogens is 3. The summed E-state index contributed by atoms with van der Waals surface area (Å²) in [5.74, 6) is -0.190. The van der Waals surface area contributed by atoms with Crippen molar-refractivity contribution in [2.45, 2.75) is 26.3 Å². The summed E-state index contributed by atoms with van der Waals surface area (Å²) in [6.45, 7) is 2.53. The van der Waals surface area contributed by atoms with E-state index in [0.29, 0.717) is 17.9 Å². The number of rotatable bonds is 5. The van der Waals surface area contributed by atoms with Gasteiger partial charge in [-0.15, -0.1) is 0 Å². The van der Waals surface area contributed by atoms with Crippen molar-refractivity contribution in [1.29, 1.82) is 0 Å². The average molecular weight is 273 g/mol. The molecule has 6 nitrogen and oxygen atoms in total. The predicted octanol–water partition coefficient (Wildman–Crippen LogP) is 1.61. The molecule has 0 saturated heterocycles. The summed E-state index contributed by atoms with van der Waals surface area (Å²) in [6, 6.07) is 3.77. The number of hydrogen-bond acceptors (Lipinski definition) is 4. The molecule has 2 aromatic rings. The van der Waals surface area contributed by atoms with Crippen molar-refractivity contribution in [3.8, 4) is 0 Å². The van der Waals surface area contributed by atoms with E-state index >= 15 is 0 Å². The van der Waals surface area contributed by atoms with Crippen LogP contribution in [0.1, 0.15) is 35.1 Å². The molecule has 0 bridgehead atoms. The fraction of sp³-hybridized carbons (Fsp3) is 0.357. The van der Waals surface area contributed by atoms with Crippen molar-refractivity contribution in [1.82, 2.24) is 20.1 Å². The van der Waals surface area contributed by atoms with Crippen LogP contribution in [0.5, 0.6) is 0 Å². The number of nitrogens with two attached hydrogens (primary N) is 1. The highest BCUT2D eigenvalue weighted by Crippen LogP contribution is 2.17. The molecule has 6 heteroatoms. The molecular formula is C14H19N5O. The lowest BCUT2D eigenvalue weighted by Crippen LogP contribution is -2.27. The van der Waals surface area contributed by atoms with Gasteiger partial charge in [0.15, 0.2) is 5.69 Å². The maximum absolute atomic E-state index is 12.3. The first-order valence-corrected chi connectivity index (χ1v) is 6.60. The summed E-state index contributed by atoms with van der Waals surface area (Å²) in [5.41, 5.74) is 8.50. The maximum atomic E-state index is 12.3. The Hall–Kier alpha value is -2.37. The van der Waals surface area contributed by atoms with E-state index in [-0.39, 0.29) is 5.91 Å². The Labute approximate surface area is 118 Å². The first-order valence-electron chi connectivity index (χ1n) is 6.60. The Morgan fingerprint density at radius 2 is 2.30 bits per heavy atom. The zero-order chi connectivity index (χ0) is 14.5. The lowest BCUT2D eigenvalue weighted by atomic mass is 10.2. The molecular weight excluding hydrogens is 254 g/mol. The van der Waals surface area contributed by atoms with Crippen LogP contribution in [0, 0.1) is 0 Å².